The van der Waals surface area contributed by atoms with Gasteiger partial charge >= 0.3 is 5.97 Å². The minimum absolute atomic E-state index is 0.00774. The molecule has 1 aromatic heterocycles. The number of aliphatic carboxylic acids is 1. The van der Waals surface area contributed by atoms with E-state index in [1.165, 1.54) is 16.7 Å². The molecule has 128 valence electrons. The number of aryl methyl sites for hydroxylation is 1. The number of para-hydroxylation sites is 1. The Morgan fingerprint density at radius 2 is 1.88 bits per heavy atom. The van der Waals surface area contributed by atoms with Gasteiger partial charge in [-0.2, -0.15) is 0 Å². The summed E-state index contributed by atoms with van der Waals surface area (Å²) in [6, 6.07) is 14.6. The van der Waals surface area contributed by atoms with Crippen molar-refractivity contribution in [1.29, 1.82) is 0 Å². The summed E-state index contributed by atoms with van der Waals surface area (Å²) in [6.45, 7) is 0.0411. The Hall–Kier alpha value is -3.15. The van der Waals surface area contributed by atoms with Gasteiger partial charge in [-0.1, -0.05) is 30.3 Å². The minimum Gasteiger partial charge on any atom is -0.487 e. The van der Waals surface area contributed by atoms with Crippen LogP contribution in [0, 0.1) is 5.82 Å². The fourth-order valence-corrected chi connectivity index (χ4v) is 2.64. The van der Waals surface area contributed by atoms with Crippen LogP contribution < -0.4 is 10.3 Å². The highest BCUT2D eigenvalue weighted by Gasteiger charge is 2.11. The number of carbonyl (C=O) groups is 1. The van der Waals surface area contributed by atoms with E-state index in [0.29, 0.717) is 16.8 Å². The monoisotopic (exact) mass is 341 g/mol. The summed E-state index contributed by atoms with van der Waals surface area (Å²) in [7, 11) is 0. The van der Waals surface area contributed by atoms with Crippen LogP contribution in [-0.2, 0) is 17.9 Å². The van der Waals surface area contributed by atoms with Gasteiger partial charge in [-0.05, 0) is 18.2 Å². The number of halogens is 1. The van der Waals surface area contributed by atoms with Gasteiger partial charge in [-0.3, -0.25) is 9.59 Å². The van der Waals surface area contributed by atoms with Gasteiger partial charge in [0.1, 0.15) is 18.2 Å². The Balaban J connectivity index is 2.00. The lowest BCUT2D eigenvalue weighted by molar-refractivity contribution is -0.137. The molecular weight excluding hydrogens is 325 g/mol. The lowest BCUT2D eigenvalue weighted by Crippen LogP contribution is -2.21. The van der Waals surface area contributed by atoms with Crippen molar-refractivity contribution in [2.75, 3.05) is 0 Å². The summed E-state index contributed by atoms with van der Waals surface area (Å²) in [6.07, 6.45) is -0.180. The second kappa shape index (κ2) is 7.17. The van der Waals surface area contributed by atoms with E-state index in [-0.39, 0.29) is 30.9 Å². The number of nitrogens with zero attached hydrogens (tertiary/aromatic N) is 1. The van der Waals surface area contributed by atoms with E-state index in [4.69, 9.17) is 9.84 Å². The first-order valence-corrected chi connectivity index (χ1v) is 7.77. The van der Waals surface area contributed by atoms with Crippen LogP contribution in [0.25, 0.3) is 10.9 Å². The Morgan fingerprint density at radius 3 is 2.64 bits per heavy atom. The first kappa shape index (κ1) is 16.7. The molecule has 0 saturated heterocycles. The second-order valence-corrected chi connectivity index (χ2v) is 5.54. The van der Waals surface area contributed by atoms with Crippen molar-refractivity contribution in [2.45, 2.75) is 19.6 Å². The number of hydrogen-bond acceptors (Lipinski definition) is 3. The SMILES string of the molecule is O=C(O)CCn1c(=O)ccc2cccc(OCc3ccccc3F)c21. The average Bonchev–Trinajstić information content (AvgIpc) is 2.60. The van der Waals surface area contributed by atoms with E-state index in [2.05, 4.69) is 0 Å². The highest BCUT2D eigenvalue weighted by Crippen LogP contribution is 2.25. The number of benzene rings is 2. The maximum atomic E-state index is 13.8. The predicted molar refractivity (Wildman–Crippen MR) is 91.2 cm³/mol. The Bertz CT molecular complexity index is 981. The van der Waals surface area contributed by atoms with Crippen molar-refractivity contribution < 1.29 is 19.0 Å². The average molecular weight is 341 g/mol. The number of hydrogen-bond donors (Lipinski definition) is 1. The van der Waals surface area contributed by atoms with Gasteiger partial charge in [0, 0.05) is 23.6 Å². The number of ether oxygens (including phenoxy) is 1. The second-order valence-electron chi connectivity index (χ2n) is 5.54. The number of fused-ring (bicyclic) bond motifs is 1. The third kappa shape index (κ3) is 3.68. The molecule has 2 aromatic carbocycles. The molecule has 1 heterocycles. The molecule has 1 N–H and O–H groups in total. The quantitative estimate of drug-likeness (QED) is 0.748. The molecule has 0 spiro atoms. The van der Waals surface area contributed by atoms with E-state index in [0.717, 1.165) is 5.39 Å². The van der Waals surface area contributed by atoms with E-state index < -0.39 is 5.97 Å². The van der Waals surface area contributed by atoms with Crippen LogP contribution in [0.3, 0.4) is 0 Å². The molecule has 5 nitrogen and oxygen atoms in total. The van der Waals surface area contributed by atoms with Gasteiger partial charge in [-0.15, -0.1) is 0 Å². The molecule has 6 heteroatoms. The predicted octanol–water partition coefficient (Wildman–Crippen LogP) is 3.19. The summed E-state index contributed by atoms with van der Waals surface area (Å²) >= 11 is 0. The van der Waals surface area contributed by atoms with E-state index in [9.17, 15) is 14.0 Å². The molecule has 0 saturated carbocycles. The van der Waals surface area contributed by atoms with Crippen molar-refractivity contribution in [3.63, 3.8) is 0 Å². The molecule has 0 unspecified atom stereocenters. The van der Waals surface area contributed by atoms with E-state index in [1.54, 1.807) is 36.4 Å². The van der Waals surface area contributed by atoms with E-state index >= 15 is 0 Å². The third-order valence-electron chi connectivity index (χ3n) is 3.86. The zero-order valence-corrected chi connectivity index (χ0v) is 13.3. The van der Waals surface area contributed by atoms with Crippen LogP contribution in [0.1, 0.15) is 12.0 Å². The molecule has 0 aliphatic rings. The van der Waals surface area contributed by atoms with Gasteiger partial charge in [0.05, 0.1) is 11.9 Å². The molecule has 0 fully saturated rings. The molecular formula is C19H16FNO4. The summed E-state index contributed by atoms with van der Waals surface area (Å²) in [5.41, 5.74) is 0.596. The van der Waals surface area contributed by atoms with Crippen molar-refractivity contribution in [3.05, 3.63) is 76.3 Å². The Kier molecular flexibility index (Phi) is 4.79. The molecule has 3 rings (SSSR count). The molecule has 0 aliphatic heterocycles. The number of carboxylic acids is 1. The van der Waals surface area contributed by atoms with Crippen LogP contribution in [0.4, 0.5) is 4.39 Å². The summed E-state index contributed by atoms with van der Waals surface area (Å²) in [5, 5.41) is 9.65. The largest absolute Gasteiger partial charge is 0.487 e. The molecule has 0 bridgehead atoms. The van der Waals surface area contributed by atoms with Crippen molar-refractivity contribution >= 4 is 16.9 Å². The maximum absolute atomic E-state index is 13.8. The van der Waals surface area contributed by atoms with Crippen LogP contribution in [0.15, 0.2) is 59.4 Å². The Labute approximate surface area is 142 Å². The molecule has 0 radical (unpaired) electrons. The minimum atomic E-state index is -0.992. The number of pyridine rings is 1. The smallest absolute Gasteiger partial charge is 0.305 e. The maximum Gasteiger partial charge on any atom is 0.305 e. The summed E-state index contributed by atoms with van der Waals surface area (Å²) in [5.74, 6) is -0.955. The van der Waals surface area contributed by atoms with Crippen LogP contribution >= 0.6 is 0 Å². The van der Waals surface area contributed by atoms with Gasteiger partial charge < -0.3 is 14.4 Å². The summed E-state index contributed by atoms with van der Waals surface area (Å²) < 4.78 is 20.9. The Morgan fingerprint density at radius 1 is 1.08 bits per heavy atom. The topological polar surface area (TPSA) is 68.5 Å². The highest BCUT2D eigenvalue weighted by molar-refractivity contribution is 5.85. The first-order valence-electron chi connectivity index (χ1n) is 7.77. The lowest BCUT2D eigenvalue weighted by Gasteiger charge is -2.14. The van der Waals surface area contributed by atoms with Gasteiger partial charge in [0.15, 0.2) is 0 Å². The van der Waals surface area contributed by atoms with Gasteiger partial charge in [0.2, 0.25) is 0 Å². The molecule has 25 heavy (non-hydrogen) atoms. The van der Waals surface area contributed by atoms with E-state index in [1.807, 2.05) is 6.07 Å². The number of aromatic nitrogens is 1. The molecule has 0 amide bonds. The van der Waals surface area contributed by atoms with Crippen LogP contribution in [-0.4, -0.2) is 15.6 Å². The van der Waals surface area contributed by atoms with Gasteiger partial charge in [0.25, 0.3) is 5.56 Å². The zero-order valence-electron chi connectivity index (χ0n) is 13.3. The summed E-state index contributed by atoms with van der Waals surface area (Å²) in [4.78, 5) is 23.0. The fourth-order valence-electron chi connectivity index (χ4n) is 2.64. The van der Waals surface area contributed by atoms with Crippen LogP contribution in [0.5, 0.6) is 5.75 Å². The zero-order chi connectivity index (χ0) is 17.8. The van der Waals surface area contributed by atoms with Gasteiger partial charge in [-0.25, -0.2) is 4.39 Å². The normalized spacial score (nSPS) is 10.8. The van der Waals surface area contributed by atoms with Crippen molar-refractivity contribution in [2.24, 2.45) is 0 Å². The standard InChI is InChI=1S/C19H16FNO4/c20-15-6-2-1-4-14(15)12-25-16-7-3-5-13-8-9-17(22)21(19(13)16)11-10-18(23)24/h1-9H,10-12H2,(H,23,24). The highest BCUT2D eigenvalue weighted by atomic mass is 19.1. The number of rotatable bonds is 6. The van der Waals surface area contributed by atoms with Crippen molar-refractivity contribution in [3.8, 4) is 5.75 Å². The first-order chi connectivity index (χ1) is 12.1. The molecule has 3 aromatic rings. The number of carboxylic acid groups (broad SMARTS) is 1. The molecule has 0 atom stereocenters. The third-order valence-corrected chi connectivity index (χ3v) is 3.86. The van der Waals surface area contributed by atoms with Crippen molar-refractivity contribution in [1.82, 2.24) is 4.57 Å². The fraction of sp³-hybridized carbons (Fsp3) is 0.158. The van der Waals surface area contributed by atoms with Crippen LogP contribution in [0.2, 0.25) is 0 Å². The molecule has 0 aliphatic carbocycles. The lowest BCUT2D eigenvalue weighted by atomic mass is 10.2.